The second-order valence-corrected chi connectivity index (χ2v) is 6.27. The molecule has 0 saturated carbocycles. The quantitative estimate of drug-likeness (QED) is 0.775. The van der Waals surface area contributed by atoms with Crippen LogP contribution >= 0.6 is 0 Å². The highest BCUT2D eigenvalue weighted by molar-refractivity contribution is 8.29. The maximum Gasteiger partial charge on any atom is 0.148 e. The van der Waals surface area contributed by atoms with Crippen LogP contribution in [-0.2, 0) is 26.4 Å². The van der Waals surface area contributed by atoms with Crippen LogP contribution in [0.15, 0.2) is 24.3 Å². The van der Waals surface area contributed by atoms with E-state index in [4.69, 9.17) is 0 Å². The summed E-state index contributed by atoms with van der Waals surface area (Å²) in [6.07, 6.45) is 1.58. The summed E-state index contributed by atoms with van der Waals surface area (Å²) in [5.41, 5.74) is 2.13. The average molecular weight is 214 g/mol. The summed E-state index contributed by atoms with van der Waals surface area (Å²) >= 11 is 4.60. The van der Waals surface area contributed by atoms with Gasteiger partial charge in [-0.3, -0.25) is 0 Å². The zero-order valence-electron chi connectivity index (χ0n) is 6.97. The first-order valence-electron chi connectivity index (χ1n) is 4.13. The van der Waals surface area contributed by atoms with Crippen molar-refractivity contribution in [1.82, 2.24) is 0 Å². The molecule has 0 heterocycles. The molecule has 0 aliphatic heterocycles. The predicted molar refractivity (Wildman–Crippen MR) is 55.6 cm³/mol. The van der Waals surface area contributed by atoms with E-state index < -0.39 is 8.77 Å². The Hall–Kier alpha value is -0.450. The van der Waals surface area contributed by atoms with Gasteiger partial charge < -0.3 is 4.55 Å². The molecule has 13 heavy (non-hydrogen) atoms. The third-order valence-electron chi connectivity index (χ3n) is 2.44. The molecule has 2 nitrogen and oxygen atoms in total. The smallest absolute Gasteiger partial charge is 0.148 e. The molecule has 0 saturated heterocycles. The van der Waals surface area contributed by atoms with Gasteiger partial charge >= 0.3 is 0 Å². The van der Waals surface area contributed by atoms with Crippen LogP contribution in [0.2, 0.25) is 0 Å². The van der Waals surface area contributed by atoms with Crippen LogP contribution < -0.4 is 0 Å². The molecule has 0 radical (unpaired) electrons. The summed E-state index contributed by atoms with van der Waals surface area (Å²) in [6.45, 7) is 0. The lowest BCUT2D eigenvalue weighted by Crippen LogP contribution is -2.07. The third kappa shape index (κ3) is 1.61. The number of hydrogen-bond donors (Lipinski definition) is 1. The monoisotopic (exact) mass is 214 g/mol. The maximum absolute atomic E-state index is 11.3. The molecular weight excluding hydrogens is 204 g/mol. The van der Waals surface area contributed by atoms with Crippen molar-refractivity contribution in [3.63, 3.8) is 0 Å². The van der Waals surface area contributed by atoms with Crippen LogP contribution in [0.25, 0.3) is 0 Å². The van der Waals surface area contributed by atoms with Crippen molar-refractivity contribution in [2.45, 2.75) is 18.1 Å². The Labute approximate surface area is 82.5 Å². The fourth-order valence-corrected chi connectivity index (χ4v) is 3.39. The summed E-state index contributed by atoms with van der Waals surface area (Å²) in [5.74, 6) is 0. The predicted octanol–water partition coefficient (Wildman–Crippen LogP) is 1.89. The van der Waals surface area contributed by atoms with Crippen LogP contribution in [0.3, 0.4) is 0 Å². The van der Waals surface area contributed by atoms with E-state index in [9.17, 15) is 8.76 Å². The van der Waals surface area contributed by atoms with Crippen molar-refractivity contribution in [2.24, 2.45) is 0 Å². The molecule has 1 aliphatic carbocycles. The van der Waals surface area contributed by atoms with Crippen LogP contribution in [0, 0.1) is 0 Å². The second kappa shape index (κ2) is 3.04. The maximum atomic E-state index is 11.3. The Morgan fingerprint density at radius 1 is 1.46 bits per heavy atom. The Bertz CT molecular complexity index is 423. The van der Waals surface area contributed by atoms with Crippen LogP contribution in [-0.4, -0.2) is 8.76 Å². The third-order valence-corrected chi connectivity index (χ3v) is 4.34. The van der Waals surface area contributed by atoms with Crippen molar-refractivity contribution >= 4 is 20.0 Å². The molecular formula is C9H10O2S2. The van der Waals surface area contributed by atoms with E-state index in [-0.39, 0.29) is 5.25 Å². The van der Waals surface area contributed by atoms with Gasteiger partial charge in [-0.15, -0.1) is 0 Å². The normalized spacial score (nSPS) is 25.2. The zero-order chi connectivity index (χ0) is 9.47. The molecule has 2 rings (SSSR count). The lowest BCUT2D eigenvalue weighted by atomic mass is 10.1. The minimum absolute atomic E-state index is 0.335. The summed E-state index contributed by atoms with van der Waals surface area (Å²) in [5, 5.41) is -0.335. The van der Waals surface area contributed by atoms with Crippen LogP contribution in [0.1, 0.15) is 22.8 Å². The second-order valence-electron chi connectivity index (χ2n) is 3.24. The van der Waals surface area contributed by atoms with Gasteiger partial charge in [0.1, 0.15) is 8.77 Å². The number of rotatable bonds is 1. The van der Waals surface area contributed by atoms with Gasteiger partial charge in [-0.2, -0.15) is 0 Å². The number of hydrogen-bond acceptors (Lipinski definition) is 2. The lowest BCUT2D eigenvalue weighted by molar-refractivity contribution is 0.545. The van der Waals surface area contributed by atoms with Gasteiger partial charge in [-0.1, -0.05) is 24.3 Å². The first kappa shape index (κ1) is 9.12. The average Bonchev–Trinajstić information content (AvgIpc) is 2.45. The van der Waals surface area contributed by atoms with E-state index in [1.807, 2.05) is 24.3 Å². The largest absolute Gasteiger partial charge is 0.305 e. The van der Waals surface area contributed by atoms with Gasteiger partial charge in [0.2, 0.25) is 0 Å². The fraction of sp³-hybridized carbons (Fsp3) is 0.333. The van der Waals surface area contributed by atoms with Crippen molar-refractivity contribution in [3.8, 4) is 0 Å². The van der Waals surface area contributed by atoms with Crippen molar-refractivity contribution in [3.05, 3.63) is 35.4 Å². The van der Waals surface area contributed by atoms with Crippen LogP contribution in [0.5, 0.6) is 0 Å². The summed E-state index contributed by atoms with van der Waals surface area (Å²) < 4.78 is 20.6. The molecule has 0 fully saturated rings. The molecule has 2 atom stereocenters. The molecule has 0 aromatic heterocycles. The van der Waals surface area contributed by atoms with Crippen molar-refractivity contribution in [1.29, 1.82) is 0 Å². The minimum atomic E-state index is -3.08. The van der Waals surface area contributed by atoms with E-state index in [0.717, 1.165) is 12.0 Å². The first-order chi connectivity index (χ1) is 6.09. The Kier molecular flexibility index (Phi) is 2.14. The summed E-state index contributed by atoms with van der Waals surface area (Å²) in [7, 11) is -3.08. The molecule has 1 aromatic carbocycles. The van der Waals surface area contributed by atoms with E-state index in [1.165, 1.54) is 5.56 Å². The zero-order valence-corrected chi connectivity index (χ0v) is 8.61. The molecule has 2 unspecified atom stereocenters. The van der Waals surface area contributed by atoms with Gasteiger partial charge in [0.25, 0.3) is 0 Å². The van der Waals surface area contributed by atoms with Gasteiger partial charge in [0.05, 0.1) is 5.25 Å². The lowest BCUT2D eigenvalue weighted by Gasteiger charge is -2.09. The van der Waals surface area contributed by atoms with Crippen molar-refractivity contribution < 1.29 is 8.76 Å². The van der Waals surface area contributed by atoms with Gasteiger partial charge in [-0.05, 0) is 24.0 Å². The molecule has 0 bridgehead atoms. The highest BCUT2D eigenvalue weighted by Gasteiger charge is 2.28. The summed E-state index contributed by atoms with van der Waals surface area (Å²) in [4.78, 5) is 0. The number of fused-ring (bicyclic) bond motifs is 1. The molecule has 1 aromatic rings. The van der Waals surface area contributed by atoms with Gasteiger partial charge in [0, 0.05) is 11.2 Å². The topological polar surface area (TPSA) is 37.3 Å². The van der Waals surface area contributed by atoms with Gasteiger partial charge in [0.15, 0.2) is 0 Å². The highest BCUT2D eigenvalue weighted by atomic mass is 32.8. The SMILES string of the molecule is O=S(O)(=S)C1CCc2ccccc21. The van der Waals surface area contributed by atoms with E-state index in [1.54, 1.807) is 0 Å². The Balaban J connectivity index is 2.51. The fourth-order valence-electron chi connectivity index (χ4n) is 1.83. The minimum Gasteiger partial charge on any atom is -0.305 e. The van der Waals surface area contributed by atoms with Gasteiger partial charge in [-0.25, -0.2) is 4.21 Å². The number of benzene rings is 1. The highest BCUT2D eigenvalue weighted by Crippen LogP contribution is 2.36. The number of aryl methyl sites for hydroxylation is 1. The molecule has 70 valence electrons. The molecule has 4 heteroatoms. The Morgan fingerprint density at radius 3 is 2.85 bits per heavy atom. The summed E-state index contributed by atoms with van der Waals surface area (Å²) in [6, 6.07) is 7.73. The first-order valence-corrected chi connectivity index (χ1v) is 6.63. The molecule has 0 spiro atoms. The van der Waals surface area contributed by atoms with E-state index in [0.29, 0.717) is 6.42 Å². The molecule has 0 amide bonds. The standard InChI is InChI=1S/C9H10O2S2/c10-13(11,12)9-6-5-7-3-1-2-4-8(7)9/h1-4,9H,5-6H2,(H,10,11,12). The van der Waals surface area contributed by atoms with Crippen molar-refractivity contribution in [2.75, 3.05) is 0 Å². The Morgan fingerprint density at radius 2 is 2.15 bits per heavy atom. The van der Waals surface area contributed by atoms with E-state index in [2.05, 4.69) is 11.2 Å². The molecule has 1 aliphatic rings. The van der Waals surface area contributed by atoms with E-state index >= 15 is 0 Å². The molecule has 1 N–H and O–H groups in total. The van der Waals surface area contributed by atoms with Crippen LogP contribution in [0.4, 0.5) is 0 Å².